The standard InChI is InChI=1S/C16H20N2OS2/c19-16(15-10-14-13(21-15)6-9-20-14)18-8-2-1-5-12(18)11-4-3-7-17-11/h6,9-12,17H,1-5,7-8H2. The monoisotopic (exact) mass is 320 g/mol. The van der Waals surface area contributed by atoms with Crippen molar-refractivity contribution in [3.63, 3.8) is 0 Å². The van der Waals surface area contributed by atoms with Crippen LogP contribution in [0.25, 0.3) is 9.40 Å². The molecule has 0 saturated carbocycles. The molecule has 0 aliphatic carbocycles. The Bertz CT molecular complexity index is 613. The predicted octanol–water partition coefficient (Wildman–Crippen LogP) is 3.71. The number of likely N-dealkylation sites (tertiary alicyclic amines) is 1. The number of nitrogens with one attached hydrogen (secondary N) is 1. The maximum absolute atomic E-state index is 12.9. The Morgan fingerprint density at radius 2 is 2.19 bits per heavy atom. The van der Waals surface area contributed by atoms with Crippen LogP contribution >= 0.6 is 22.7 Å². The fraction of sp³-hybridized carbons (Fsp3) is 0.562. The van der Waals surface area contributed by atoms with Crippen molar-refractivity contribution in [2.75, 3.05) is 13.1 Å². The highest BCUT2D eigenvalue weighted by Crippen LogP contribution is 2.33. The van der Waals surface area contributed by atoms with Gasteiger partial charge in [-0.15, -0.1) is 22.7 Å². The van der Waals surface area contributed by atoms with Crippen LogP contribution in [0.3, 0.4) is 0 Å². The van der Waals surface area contributed by atoms with Crippen LogP contribution in [-0.2, 0) is 0 Å². The average molecular weight is 320 g/mol. The fourth-order valence-electron chi connectivity index (χ4n) is 3.68. The molecule has 3 nitrogen and oxygen atoms in total. The van der Waals surface area contributed by atoms with Gasteiger partial charge in [0.05, 0.1) is 4.88 Å². The third-order valence-corrected chi connectivity index (χ3v) is 6.80. The summed E-state index contributed by atoms with van der Waals surface area (Å²) in [5.74, 6) is 0.252. The highest BCUT2D eigenvalue weighted by Gasteiger charge is 2.35. The molecule has 1 amide bonds. The van der Waals surface area contributed by atoms with Gasteiger partial charge in [-0.3, -0.25) is 4.79 Å². The van der Waals surface area contributed by atoms with Gasteiger partial charge in [0.1, 0.15) is 0 Å². The van der Waals surface area contributed by atoms with E-state index in [-0.39, 0.29) is 5.91 Å². The molecule has 2 fully saturated rings. The van der Waals surface area contributed by atoms with Gasteiger partial charge in [0.15, 0.2) is 0 Å². The van der Waals surface area contributed by atoms with E-state index >= 15 is 0 Å². The van der Waals surface area contributed by atoms with Crippen molar-refractivity contribution >= 4 is 38.0 Å². The normalized spacial score (nSPS) is 26.6. The lowest BCUT2D eigenvalue weighted by Gasteiger charge is -2.39. The second-order valence-corrected chi connectivity index (χ2v) is 8.06. The third-order valence-electron chi connectivity index (χ3n) is 4.72. The molecule has 112 valence electrons. The second kappa shape index (κ2) is 5.71. The molecule has 0 radical (unpaired) electrons. The van der Waals surface area contributed by atoms with E-state index in [0.29, 0.717) is 12.1 Å². The molecule has 1 N–H and O–H groups in total. The van der Waals surface area contributed by atoms with Gasteiger partial charge in [0.25, 0.3) is 5.91 Å². The van der Waals surface area contributed by atoms with Crippen molar-refractivity contribution < 1.29 is 4.79 Å². The first kappa shape index (κ1) is 13.7. The van der Waals surface area contributed by atoms with Gasteiger partial charge < -0.3 is 10.2 Å². The van der Waals surface area contributed by atoms with Gasteiger partial charge in [-0.05, 0) is 56.2 Å². The van der Waals surface area contributed by atoms with E-state index in [1.807, 2.05) is 0 Å². The Morgan fingerprint density at radius 3 is 3.00 bits per heavy atom. The van der Waals surface area contributed by atoms with Crippen LogP contribution in [0.15, 0.2) is 17.5 Å². The molecule has 2 aliphatic heterocycles. The van der Waals surface area contributed by atoms with Gasteiger partial charge in [-0.2, -0.15) is 0 Å². The molecule has 2 atom stereocenters. The van der Waals surface area contributed by atoms with E-state index in [2.05, 4.69) is 27.7 Å². The minimum absolute atomic E-state index is 0.252. The summed E-state index contributed by atoms with van der Waals surface area (Å²) in [7, 11) is 0. The zero-order chi connectivity index (χ0) is 14.2. The lowest BCUT2D eigenvalue weighted by molar-refractivity contribution is 0.0568. The molecular formula is C16H20N2OS2. The van der Waals surface area contributed by atoms with E-state index < -0.39 is 0 Å². The van der Waals surface area contributed by atoms with Crippen molar-refractivity contribution in [2.45, 2.75) is 44.2 Å². The number of rotatable bonds is 2. The van der Waals surface area contributed by atoms with Crippen molar-refractivity contribution in [3.8, 4) is 0 Å². The predicted molar refractivity (Wildman–Crippen MR) is 89.4 cm³/mol. The van der Waals surface area contributed by atoms with Gasteiger partial charge in [-0.1, -0.05) is 0 Å². The maximum atomic E-state index is 12.9. The zero-order valence-electron chi connectivity index (χ0n) is 12.0. The van der Waals surface area contributed by atoms with E-state index in [1.165, 1.54) is 28.7 Å². The summed E-state index contributed by atoms with van der Waals surface area (Å²) < 4.78 is 2.49. The summed E-state index contributed by atoms with van der Waals surface area (Å²) >= 11 is 3.37. The smallest absolute Gasteiger partial charge is 0.264 e. The largest absolute Gasteiger partial charge is 0.333 e. The molecule has 2 aromatic rings. The van der Waals surface area contributed by atoms with E-state index in [4.69, 9.17) is 0 Å². The maximum Gasteiger partial charge on any atom is 0.264 e. The van der Waals surface area contributed by atoms with Crippen LogP contribution in [-0.4, -0.2) is 36.0 Å². The highest BCUT2D eigenvalue weighted by molar-refractivity contribution is 7.27. The number of carbonyl (C=O) groups is 1. The summed E-state index contributed by atoms with van der Waals surface area (Å²) in [6.07, 6.45) is 6.02. The Hall–Kier alpha value is -0.910. The third kappa shape index (κ3) is 2.51. The van der Waals surface area contributed by atoms with Gasteiger partial charge in [0, 0.05) is 28.0 Å². The molecule has 0 bridgehead atoms. The van der Waals surface area contributed by atoms with Gasteiger partial charge in [0.2, 0.25) is 0 Å². The number of nitrogens with zero attached hydrogens (tertiary/aromatic N) is 1. The molecule has 21 heavy (non-hydrogen) atoms. The first-order valence-electron chi connectivity index (χ1n) is 7.84. The topological polar surface area (TPSA) is 32.3 Å². The van der Waals surface area contributed by atoms with Crippen LogP contribution in [0.2, 0.25) is 0 Å². The summed E-state index contributed by atoms with van der Waals surface area (Å²) in [5, 5.41) is 5.69. The molecule has 5 heteroatoms. The average Bonchev–Trinajstić information content (AvgIpc) is 3.22. The molecule has 4 heterocycles. The first-order valence-corrected chi connectivity index (χ1v) is 9.54. The van der Waals surface area contributed by atoms with E-state index in [1.54, 1.807) is 22.7 Å². The fourth-order valence-corrected chi connectivity index (χ4v) is 5.75. The number of amides is 1. The molecule has 0 aromatic carbocycles. The van der Waals surface area contributed by atoms with Crippen LogP contribution in [0.5, 0.6) is 0 Å². The van der Waals surface area contributed by atoms with Crippen molar-refractivity contribution in [3.05, 3.63) is 22.4 Å². The van der Waals surface area contributed by atoms with Crippen LogP contribution in [0.4, 0.5) is 0 Å². The number of carbonyl (C=O) groups excluding carboxylic acids is 1. The Kier molecular flexibility index (Phi) is 3.73. The Balaban J connectivity index is 1.59. The summed E-state index contributed by atoms with van der Waals surface area (Å²) in [6, 6.07) is 5.11. The van der Waals surface area contributed by atoms with Crippen LogP contribution in [0.1, 0.15) is 41.8 Å². The van der Waals surface area contributed by atoms with Gasteiger partial charge in [-0.25, -0.2) is 0 Å². The lowest BCUT2D eigenvalue weighted by Crippen LogP contribution is -2.52. The molecule has 4 rings (SSSR count). The minimum Gasteiger partial charge on any atom is -0.333 e. The molecule has 0 spiro atoms. The zero-order valence-corrected chi connectivity index (χ0v) is 13.6. The number of hydrogen-bond donors (Lipinski definition) is 1. The minimum atomic E-state index is 0.252. The second-order valence-electron chi connectivity index (χ2n) is 6.02. The lowest BCUT2D eigenvalue weighted by atomic mass is 9.94. The molecular weight excluding hydrogens is 300 g/mol. The quantitative estimate of drug-likeness (QED) is 0.915. The van der Waals surface area contributed by atoms with E-state index in [0.717, 1.165) is 30.8 Å². The Labute approximate surface area is 133 Å². The summed E-state index contributed by atoms with van der Waals surface area (Å²) in [6.45, 7) is 2.03. The number of thiophene rings is 2. The number of piperidine rings is 1. The number of fused-ring (bicyclic) bond motifs is 1. The van der Waals surface area contributed by atoms with E-state index in [9.17, 15) is 4.79 Å². The molecule has 2 aromatic heterocycles. The summed E-state index contributed by atoms with van der Waals surface area (Å²) in [4.78, 5) is 16.0. The first-order chi connectivity index (χ1) is 10.3. The summed E-state index contributed by atoms with van der Waals surface area (Å²) in [5.41, 5.74) is 0. The molecule has 2 aliphatic rings. The van der Waals surface area contributed by atoms with Gasteiger partial charge >= 0.3 is 0 Å². The Morgan fingerprint density at radius 1 is 1.24 bits per heavy atom. The SMILES string of the molecule is O=C(c1cc2sccc2s1)N1CCCCC1C1CCCN1. The van der Waals surface area contributed by atoms with Crippen molar-refractivity contribution in [1.82, 2.24) is 10.2 Å². The van der Waals surface area contributed by atoms with Crippen molar-refractivity contribution in [2.24, 2.45) is 0 Å². The molecule has 2 unspecified atom stereocenters. The number of hydrogen-bond acceptors (Lipinski definition) is 4. The van der Waals surface area contributed by atoms with Crippen molar-refractivity contribution in [1.29, 1.82) is 0 Å². The highest BCUT2D eigenvalue weighted by atomic mass is 32.1. The molecule has 2 saturated heterocycles. The van der Waals surface area contributed by atoms with Crippen LogP contribution < -0.4 is 5.32 Å². The van der Waals surface area contributed by atoms with Crippen LogP contribution in [0, 0.1) is 0 Å².